The van der Waals surface area contributed by atoms with Crippen LogP contribution in [0.3, 0.4) is 0 Å². The first-order valence-electron chi connectivity index (χ1n) is 12.6. The van der Waals surface area contributed by atoms with Crippen LogP contribution in [-0.4, -0.2) is 36.9 Å². The first-order valence-corrected chi connectivity index (χ1v) is 13.3. The number of halogens is 3. The van der Waals surface area contributed by atoms with Gasteiger partial charge in [0.15, 0.2) is 0 Å². The summed E-state index contributed by atoms with van der Waals surface area (Å²) < 4.78 is 31.9. The first kappa shape index (κ1) is 24.7. The number of methoxy groups -OCH3 is 1. The van der Waals surface area contributed by atoms with Crippen LogP contribution in [-0.2, 0) is 27.3 Å². The van der Waals surface area contributed by atoms with E-state index >= 15 is 0 Å². The number of hydrogen-bond acceptors (Lipinski definition) is 6. The van der Waals surface area contributed by atoms with Crippen molar-refractivity contribution in [2.24, 2.45) is 5.92 Å². The second-order valence-corrected chi connectivity index (χ2v) is 11.0. The van der Waals surface area contributed by atoms with E-state index in [0.29, 0.717) is 51.0 Å². The summed E-state index contributed by atoms with van der Waals surface area (Å²) in [6.07, 6.45) is 4.05. The zero-order valence-corrected chi connectivity index (χ0v) is 21.9. The molecule has 3 atom stereocenters. The summed E-state index contributed by atoms with van der Waals surface area (Å²) in [5, 5.41) is 5.41. The van der Waals surface area contributed by atoms with E-state index in [1.165, 1.54) is 13.2 Å². The molecule has 1 aliphatic heterocycles. The lowest BCUT2D eigenvalue weighted by molar-refractivity contribution is -0.139. The monoisotopic (exact) mass is 544 g/mol. The Balaban J connectivity index is 1.15. The molecule has 9 heteroatoms. The average molecular weight is 545 g/mol. The summed E-state index contributed by atoms with van der Waals surface area (Å²) in [5.74, 6) is 0.832. The second kappa shape index (κ2) is 9.93. The molecule has 2 bridgehead atoms. The molecule has 0 radical (unpaired) electrons. The molecular formula is C28H27Cl2FN2O4. The Labute approximate surface area is 224 Å². The highest BCUT2D eigenvalue weighted by Gasteiger charge is 2.46. The third-order valence-electron chi connectivity index (χ3n) is 7.78. The number of hydrogen-bond donors (Lipinski definition) is 0. The third-order valence-corrected chi connectivity index (χ3v) is 8.41. The van der Waals surface area contributed by atoms with Crippen LogP contribution in [0.4, 0.5) is 10.1 Å². The summed E-state index contributed by atoms with van der Waals surface area (Å²) >= 11 is 13.0. The molecule has 2 saturated carbocycles. The van der Waals surface area contributed by atoms with Crippen molar-refractivity contribution in [1.82, 2.24) is 5.16 Å². The SMILES string of the molecule is COC(=O)Cc1ccc(N2C[C@@H]3C[C@H]2C[C@H]3OCc2c(-c3c(Cl)cccc3Cl)noc2C2CC2)c(F)c1. The Morgan fingerprint density at radius 3 is 2.62 bits per heavy atom. The highest BCUT2D eigenvalue weighted by molar-refractivity contribution is 6.39. The minimum atomic E-state index is -0.384. The van der Waals surface area contributed by atoms with E-state index in [4.69, 9.17) is 32.5 Å². The van der Waals surface area contributed by atoms with Crippen LogP contribution in [0.1, 0.15) is 48.5 Å². The van der Waals surface area contributed by atoms with Crippen molar-refractivity contribution in [2.45, 2.75) is 56.8 Å². The molecule has 37 heavy (non-hydrogen) atoms. The topological polar surface area (TPSA) is 64.8 Å². The molecule has 0 unspecified atom stereocenters. The van der Waals surface area contributed by atoms with Crippen LogP contribution in [0.2, 0.25) is 10.0 Å². The third kappa shape index (κ3) is 4.73. The number of carbonyl (C=O) groups excluding carboxylic acids is 1. The van der Waals surface area contributed by atoms with Crippen LogP contribution in [0.5, 0.6) is 0 Å². The number of rotatable bonds is 8. The lowest BCUT2D eigenvalue weighted by atomic mass is 10.0. The molecule has 3 aliphatic rings. The molecule has 1 saturated heterocycles. The standard InChI is InChI=1S/C28H27Cl2FN2O4/c1-35-25(34)10-15-5-8-23(22(31)9-15)33-13-17-11-18(33)12-24(17)36-14-19-27(32-37-28(19)16-6-7-16)26-20(29)3-2-4-21(26)30/h2-5,8-9,16-18,24H,6-7,10-14H2,1H3/t17-,18-,24+/m0/s1. The fourth-order valence-corrected chi connectivity index (χ4v) is 6.35. The van der Waals surface area contributed by atoms with E-state index in [-0.39, 0.29) is 30.4 Å². The van der Waals surface area contributed by atoms with Gasteiger partial charge in [-0.25, -0.2) is 4.39 Å². The van der Waals surface area contributed by atoms with Gasteiger partial charge >= 0.3 is 5.97 Å². The molecular weight excluding hydrogens is 518 g/mol. The van der Waals surface area contributed by atoms with Gasteiger partial charge < -0.3 is 18.9 Å². The van der Waals surface area contributed by atoms with Gasteiger partial charge in [-0.05, 0) is 55.5 Å². The largest absolute Gasteiger partial charge is 0.469 e. The van der Waals surface area contributed by atoms with Gasteiger partial charge in [0, 0.05) is 35.5 Å². The first-order chi connectivity index (χ1) is 17.9. The van der Waals surface area contributed by atoms with E-state index in [1.807, 2.05) is 6.07 Å². The fourth-order valence-electron chi connectivity index (χ4n) is 5.78. The van der Waals surface area contributed by atoms with Crippen LogP contribution in [0, 0.1) is 11.7 Å². The molecule has 0 amide bonds. The molecule has 6 nitrogen and oxygen atoms in total. The van der Waals surface area contributed by atoms with E-state index in [9.17, 15) is 9.18 Å². The Kier molecular flexibility index (Phi) is 6.63. The number of benzene rings is 2. The van der Waals surface area contributed by atoms with Crippen molar-refractivity contribution in [3.63, 3.8) is 0 Å². The van der Waals surface area contributed by atoms with Crippen molar-refractivity contribution in [3.05, 3.63) is 69.1 Å². The van der Waals surface area contributed by atoms with Crippen LogP contribution in [0.15, 0.2) is 40.9 Å². The minimum absolute atomic E-state index is 0.0583. The quantitative estimate of drug-likeness (QED) is 0.299. The summed E-state index contributed by atoms with van der Waals surface area (Å²) in [7, 11) is 1.33. The smallest absolute Gasteiger partial charge is 0.309 e. The zero-order chi connectivity index (χ0) is 25.7. The van der Waals surface area contributed by atoms with Gasteiger partial charge in [-0.2, -0.15) is 0 Å². The number of esters is 1. The molecule has 0 spiro atoms. The van der Waals surface area contributed by atoms with E-state index in [2.05, 4.69) is 14.8 Å². The number of aromatic nitrogens is 1. The fraction of sp³-hybridized carbons (Fsp3) is 0.429. The maximum atomic E-state index is 14.9. The number of nitrogens with zero attached hydrogens (tertiary/aromatic N) is 2. The summed E-state index contributed by atoms with van der Waals surface area (Å²) in [5.41, 5.74) is 3.42. The second-order valence-electron chi connectivity index (χ2n) is 10.2. The Bertz CT molecular complexity index is 1320. The molecule has 194 valence electrons. The van der Waals surface area contributed by atoms with Gasteiger partial charge in [0.1, 0.15) is 17.3 Å². The summed E-state index contributed by atoms with van der Waals surface area (Å²) in [6.45, 7) is 1.10. The van der Waals surface area contributed by atoms with Gasteiger partial charge in [0.2, 0.25) is 0 Å². The number of anilines is 1. The molecule has 2 aliphatic carbocycles. The van der Waals surface area contributed by atoms with Gasteiger partial charge in [-0.15, -0.1) is 0 Å². The highest BCUT2D eigenvalue weighted by atomic mass is 35.5. The van der Waals surface area contributed by atoms with Crippen LogP contribution in [0.25, 0.3) is 11.3 Å². The predicted molar refractivity (Wildman–Crippen MR) is 138 cm³/mol. The molecule has 2 heterocycles. The van der Waals surface area contributed by atoms with Gasteiger partial charge in [-0.1, -0.05) is 40.5 Å². The average Bonchev–Trinajstić information content (AvgIpc) is 3.33. The van der Waals surface area contributed by atoms with Crippen molar-refractivity contribution in [1.29, 1.82) is 0 Å². The predicted octanol–water partition coefficient (Wildman–Crippen LogP) is 6.56. The molecule has 6 rings (SSSR count). The van der Waals surface area contributed by atoms with Gasteiger partial charge in [0.25, 0.3) is 0 Å². The maximum Gasteiger partial charge on any atom is 0.309 e. The van der Waals surface area contributed by atoms with Crippen molar-refractivity contribution < 1.29 is 23.2 Å². The summed E-state index contributed by atoms with van der Waals surface area (Å²) in [4.78, 5) is 13.7. The van der Waals surface area contributed by atoms with E-state index in [1.54, 1.807) is 24.3 Å². The Morgan fingerprint density at radius 2 is 1.97 bits per heavy atom. The van der Waals surface area contributed by atoms with E-state index < -0.39 is 0 Å². The lowest BCUT2D eigenvalue weighted by Gasteiger charge is -2.33. The maximum absolute atomic E-state index is 14.9. The number of piperidine rings is 1. The zero-order valence-electron chi connectivity index (χ0n) is 20.4. The van der Waals surface area contributed by atoms with Gasteiger partial charge in [0.05, 0.1) is 42.0 Å². The minimum Gasteiger partial charge on any atom is -0.469 e. The van der Waals surface area contributed by atoms with Crippen molar-refractivity contribution in [3.8, 4) is 11.3 Å². The highest BCUT2D eigenvalue weighted by Crippen LogP contribution is 2.47. The summed E-state index contributed by atoms with van der Waals surface area (Å²) in [6, 6.07) is 10.6. The van der Waals surface area contributed by atoms with Crippen molar-refractivity contribution >= 4 is 34.9 Å². The molecule has 0 N–H and O–H groups in total. The van der Waals surface area contributed by atoms with Gasteiger partial charge in [-0.3, -0.25) is 4.79 Å². The molecule has 1 aromatic heterocycles. The van der Waals surface area contributed by atoms with Crippen LogP contribution >= 0.6 is 23.2 Å². The molecule has 3 fully saturated rings. The number of fused-ring (bicyclic) bond motifs is 2. The Hall–Kier alpha value is -2.61. The molecule has 3 aromatic rings. The Morgan fingerprint density at radius 1 is 1.19 bits per heavy atom. The van der Waals surface area contributed by atoms with E-state index in [0.717, 1.165) is 43.6 Å². The van der Waals surface area contributed by atoms with Crippen LogP contribution < -0.4 is 4.90 Å². The number of carbonyl (C=O) groups is 1. The number of ether oxygens (including phenoxy) is 2. The van der Waals surface area contributed by atoms with Crippen molar-refractivity contribution in [2.75, 3.05) is 18.6 Å². The molecule has 2 aromatic carbocycles. The lowest BCUT2D eigenvalue weighted by Crippen LogP contribution is -2.39. The normalized spacial score (nSPS) is 22.6.